The van der Waals surface area contributed by atoms with Gasteiger partial charge in [0, 0.05) is 32.2 Å². The van der Waals surface area contributed by atoms with E-state index >= 15 is 0 Å². The van der Waals surface area contributed by atoms with Gasteiger partial charge in [-0.1, -0.05) is 29.8 Å². The number of rotatable bonds is 2. The standard InChI is InChI=1S/C13H16ClN3/c14-12-4-3-5-13(15-12)17-9-6-11(10-17)16-7-1-2-8-16/h1-5,11H,6-10H2. The minimum Gasteiger partial charge on any atom is -0.355 e. The van der Waals surface area contributed by atoms with Crippen LogP contribution in [0.25, 0.3) is 0 Å². The first-order chi connectivity index (χ1) is 8.33. The van der Waals surface area contributed by atoms with Gasteiger partial charge < -0.3 is 4.90 Å². The normalized spacial score (nSPS) is 24.8. The van der Waals surface area contributed by atoms with E-state index in [9.17, 15) is 0 Å². The van der Waals surface area contributed by atoms with E-state index in [-0.39, 0.29) is 0 Å². The predicted molar refractivity (Wildman–Crippen MR) is 70.6 cm³/mol. The van der Waals surface area contributed by atoms with E-state index in [0.717, 1.165) is 32.0 Å². The fourth-order valence-electron chi connectivity index (χ4n) is 2.61. The minimum atomic E-state index is 0.578. The second-order valence-corrected chi connectivity index (χ2v) is 5.02. The lowest BCUT2D eigenvalue weighted by atomic mass is 10.2. The molecule has 0 bridgehead atoms. The molecule has 3 nitrogen and oxygen atoms in total. The molecule has 0 N–H and O–H groups in total. The van der Waals surface area contributed by atoms with E-state index in [4.69, 9.17) is 11.6 Å². The molecule has 2 aliphatic rings. The van der Waals surface area contributed by atoms with E-state index in [1.54, 1.807) is 0 Å². The molecule has 1 unspecified atom stereocenters. The lowest BCUT2D eigenvalue weighted by Gasteiger charge is -2.24. The second-order valence-electron chi connectivity index (χ2n) is 4.63. The number of anilines is 1. The molecule has 1 aromatic heterocycles. The maximum absolute atomic E-state index is 5.93. The molecule has 0 spiro atoms. The molecule has 1 fully saturated rings. The highest BCUT2D eigenvalue weighted by Crippen LogP contribution is 2.23. The highest BCUT2D eigenvalue weighted by atomic mass is 35.5. The van der Waals surface area contributed by atoms with Crippen LogP contribution in [0, 0.1) is 0 Å². The Morgan fingerprint density at radius 2 is 2.06 bits per heavy atom. The Morgan fingerprint density at radius 3 is 2.82 bits per heavy atom. The highest BCUT2D eigenvalue weighted by Gasteiger charge is 2.28. The monoisotopic (exact) mass is 249 g/mol. The Balaban J connectivity index is 1.67. The summed E-state index contributed by atoms with van der Waals surface area (Å²) in [6, 6.07) is 6.49. The summed E-state index contributed by atoms with van der Waals surface area (Å²) < 4.78 is 0. The first-order valence-electron chi connectivity index (χ1n) is 6.09. The summed E-state index contributed by atoms with van der Waals surface area (Å²) in [6.45, 7) is 4.34. The summed E-state index contributed by atoms with van der Waals surface area (Å²) in [5.74, 6) is 1.01. The van der Waals surface area contributed by atoms with Crippen LogP contribution in [0.1, 0.15) is 6.42 Å². The van der Waals surface area contributed by atoms with Crippen molar-refractivity contribution in [1.29, 1.82) is 0 Å². The van der Waals surface area contributed by atoms with Gasteiger partial charge >= 0.3 is 0 Å². The zero-order chi connectivity index (χ0) is 11.7. The second kappa shape index (κ2) is 4.67. The van der Waals surface area contributed by atoms with Crippen molar-refractivity contribution in [2.24, 2.45) is 0 Å². The summed E-state index contributed by atoms with van der Waals surface area (Å²) in [5.41, 5.74) is 0. The van der Waals surface area contributed by atoms with Crippen LogP contribution in [0.5, 0.6) is 0 Å². The van der Waals surface area contributed by atoms with Gasteiger partial charge in [-0.05, 0) is 18.6 Å². The Kier molecular flexibility index (Phi) is 3.04. The Bertz CT molecular complexity index is 424. The van der Waals surface area contributed by atoms with Crippen molar-refractivity contribution >= 4 is 17.4 Å². The summed E-state index contributed by atoms with van der Waals surface area (Å²) in [6.07, 6.45) is 5.72. The van der Waals surface area contributed by atoms with Gasteiger partial charge in [-0.3, -0.25) is 4.90 Å². The van der Waals surface area contributed by atoms with Crippen molar-refractivity contribution in [3.8, 4) is 0 Å². The first-order valence-corrected chi connectivity index (χ1v) is 6.47. The molecule has 0 amide bonds. The average Bonchev–Trinajstić information content (AvgIpc) is 3.00. The maximum Gasteiger partial charge on any atom is 0.131 e. The molecule has 1 saturated heterocycles. The molecule has 3 heterocycles. The molecular weight excluding hydrogens is 234 g/mol. The Labute approximate surface area is 107 Å². The summed E-state index contributed by atoms with van der Waals surface area (Å²) in [5, 5.41) is 0.578. The van der Waals surface area contributed by atoms with Gasteiger partial charge in [0.25, 0.3) is 0 Å². The fourth-order valence-corrected chi connectivity index (χ4v) is 2.77. The molecule has 2 aliphatic heterocycles. The van der Waals surface area contributed by atoms with Crippen molar-refractivity contribution < 1.29 is 0 Å². The number of hydrogen-bond donors (Lipinski definition) is 0. The quantitative estimate of drug-likeness (QED) is 0.592. The van der Waals surface area contributed by atoms with Crippen LogP contribution >= 0.6 is 11.6 Å². The van der Waals surface area contributed by atoms with Crippen molar-refractivity contribution in [3.05, 3.63) is 35.5 Å². The van der Waals surface area contributed by atoms with E-state index < -0.39 is 0 Å². The van der Waals surface area contributed by atoms with Crippen molar-refractivity contribution in [1.82, 2.24) is 9.88 Å². The van der Waals surface area contributed by atoms with Crippen LogP contribution in [0.2, 0.25) is 5.15 Å². The summed E-state index contributed by atoms with van der Waals surface area (Å²) in [7, 11) is 0. The van der Waals surface area contributed by atoms with Gasteiger partial charge in [-0.2, -0.15) is 0 Å². The smallest absolute Gasteiger partial charge is 0.131 e. The van der Waals surface area contributed by atoms with E-state index in [1.807, 2.05) is 18.2 Å². The van der Waals surface area contributed by atoms with Gasteiger partial charge in [0.15, 0.2) is 0 Å². The van der Waals surface area contributed by atoms with Crippen molar-refractivity contribution in [2.75, 3.05) is 31.1 Å². The molecule has 1 atom stereocenters. The molecule has 0 aromatic carbocycles. The zero-order valence-corrected chi connectivity index (χ0v) is 10.5. The third-order valence-electron chi connectivity index (χ3n) is 3.55. The molecule has 0 saturated carbocycles. The maximum atomic E-state index is 5.93. The third-order valence-corrected chi connectivity index (χ3v) is 3.76. The first kappa shape index (κ1) is 11.1. The minimum absolute atomic E-state index is 0.578. The Morgan fingerprint density at radius 1 is 1.24 bits per heavy atom. The number of halogens is 1. The fraction of sp³-hybridized carbons (Fsp3) is 0.462. The van der Waals surface area contributed by atoms with Gasteiger partial charge in [-0.15, -0.1) is 0 Å². The Hall–Kier alpha value is -1.06. The van der Waals surface area contributed by atoms with Crippen molar-refractivity contribution in [3.63, 3.8) is 0 Å². The molecule has 0 aliphatic carbocycles. The number of nitrogens with zero attached hydrogens (tertiary/aromatic N) is 3. The molecule has 1 aromatic rings. The van der Waals surface area contributed by atoms with Gasteiger partial charge in [0.2, 0.25) is 0 Å². The molecule has 3 rings (SSSR count). The largest absolute Gasteiger partial charge is 0.355 e. The van der Waals surface area contributed by atoms with Crippen molar-refractivity contribution in [2.45, 2.75) is 12.5 Å². The molecule has 0 radical (unpaired) electrons. The SMILES string of the molecule is Clc1cccc(N2CCC(N3CC=CC3)C2)n1. The summed E-state index contributed by atoms with van der Waals surface area (Å²) in [4.78, 5) is 9.22. The zero-order valence-electron chi connectivity index (χ0n) is 9.72. The topological polar surface area (TPSA) is 19.4 Å². The van der Waals surface area contributed by atoms with Crippen LogP contribution < -0.4 is 4.90 Å². The number of hydrogen-bond acceptors (Lipinski definition) is 3. The lowest BCUT2D eigenvalue weighted by Crippen LogP contribution is -2.35. The van der Waals surface area contributed by atoms with Crippen LogP contribution in [-0.4, -0.2) is 42.1 Å². The number of aromatic nitrogens is 1. The highest BCUT2D eigenvalue weighted by molar-refractivity contribution is 6.29. The molecule has 17 heavy (non-hydrogen) atoms. The van der Waals surface area contributed by atoms with Gasteiger partial charge in [0.05, 0.1) is 0 Å². The van der Waals surface area contributed by atoms with E-state index in [0.29, 0.717) is 11.2 Å². The third kappa shape index (κ3) is 2.31. The van der Waals surface area contributed by atoms with Crippen LogP contribution in [0.4, 0.5) is 5.82 Å². The van der Waals surface area contributed by atoms with E-state index in [1.165, 1.54) is 6.42 Å². The van der Waals surface area contributed by atoms with E-state index in [2.05, 4.69) is 26.9 Å². The van der Waals surface area contributed by atoms with Crippen LogP contribution in [0.3, 0.4) is 0 Å². The molecule has 4 heteroatoms. The van der Waals surface area contributed by atoms with Crippen LogP contribution in [-0.2, 0) is 0 Å². The van der Waals surface area contributed by atoms with Gasteiger partial charge in [0.1, 0.15) is 11.0 Å². The predicted octanol–water partition coefficient (Wildman–Crippen LogP) is 2.19. The molecular formula is C13H16ClN3. The lowest BCUT2D eigenvalue weighted by molar-refractivity contribution is 0.271. The van der Waals surface area contributed by atoms with Gasteiger partial charge in [-0.25, -0.2) is 4.98 Å². The number of pyridine rings is 1. The summed E-state index contributed by atoms with van der Waals surface area (Å²) >= 11 is 5.93. The average molecular weight is 250 g/mol. The molecule has 90 valence electrons. The van der Waals surface area contributed by atoms with Crippen LogP contribution in [0.15, 0.2) is 30.4 Å².